The van der Waals surface area contributed by atoms with Crippen LogP contribution in [0.4, 0.5) is 13.6 Å². The van der Waals surface area contributed by atoms with E-state index >= 15 is 0 Å². The summed E-state index contributed by atoms with van der Waals surface area (Å²) in [7, 11) is 0. The van der Waals surface area contributed by atoms with Gasteiger partial charge >= 0.3 is 6.09 Å². The highest BCUT2D eigenvalue weighted by Gasteiger charge is 2.22. The minimum Gasteiger partial charge on any atom is -0.444 e. The van der Waals surface area contributed by atoms with Crippen molar-refractivity contribution in [2.45, 2.75) is 39.2 Å². The highest BCUT2D eigenvalue weighted by molar-refractivity contribution is 5.67. The molecule has 0 saturated heterocycles. The van der Waals surface area contributed by atoms with Gasteiger partial charge < -0.3 is 15.2 Å². The van der Waals surface area contributed by atoms with E-state index < -0.39 is 24.0 Å². The summed E-state index contributed by atoms with van der Waals surface area (Å²) in [5, 5.41) is 10.8. The Morgan fingerprint density at radius 3 is 2.38 bits per heavy atom. The number of carbonyl (C=O) groups is 1. The summed E-state index contributed by atoms with van der Waals surface area (Å²) in [6, 6.07) is 0. The Morgan fingerprint density at radius 1 is 1.44 bits per heavy atom. The largest absolute Gasteiger partial charge is 0.444 e. The summed E-state index contributed by atoms with van der Waals surface area (Å²) in [6.07, 6.45) is -3.34. The maximum Gasteiger partial charge on any atom is 0.407 e. The molecule has 1 amide bonds. The van der Waals surface area contributed by atoms with E-state index in [0.717, 1.165) is 0 Å². The molecule has 6 heteroatoms. The number of alkyl halides is 2. The van der Waals surface area contributed by atoms with Crippen LogP contribution in [0.5, 0.6) is 0 Å². The van der Waals surface area contributed by atoms with Gasteiger partial charge in [0, 0.05) is 19.1 Å². The molecule has 4 nitrogen and oxygen atoms in total. The van der Waals surface area contributed by atoms with E-state index in [2.05, 4.69) is 5.32 Å². The molecule has 0 bridgehead atoms. The fraction of sp³-hybridized carbons (Fsp3) is 0.900. The zero-order chi connectivity index (χ0) is 12.8. The molecule has 0 saturated carbocycles. The molecule has 0 fully saturated rings. The van der Waals surface area contributed by atoms with Crippen LogP contribution in [0.3, 0.4) is 0 Å². The Morgan fingerprint density at radius 2 is 2.00 bits per heavy atom. The Bertz CT molecular complexity index is 217. The zero-order valence-electron chi connectivity index (χ0n) is 9.80. The van der Waals surface area contributed by atoms with Crippen molar-refractivity contribution in [1.29, 1.82) is 0 Å². The van der Waals surface area contributed by atoms with Gasteiger partial charge in [-0.3, -0.25) is 0 Å². The summed E-state index contributed by atoms with van der Waals surface area (Å²) < 4.78 is 29.6. The molecule has 0 aliphatic rings. The fourth-order valence-corrected chi connectivity index (χ4v) is 1.01. The average molecular weight is 239 g/mol. The highest BCUT2D eigenvalue weighted by Crippen LogP contribution is 2.13. The molecule has 2 N–H and O–H groups in total. The number of hydrogen-bond donors (Lipinski definition) is 2. The first-order chi connectivity index (χ1) is 7.26. The van der Waals surface area contributed by atoms with Crippen LogP contribution >= 0.6 is 0 Å². The van der Waals surface area contributed by atoms with Crippen molar-refractivity contribution >= 4 is 6.09 Å². The maximum atomic E-state index is 12.4. The molecule has 1 atom stereocenters. The Balaban J connectivity index is 3.97. The third-order valence-electron chi connectivity index (χ3n) is 1.76. The SMILES string of the molecule is CC(C)(C)OC(=O)NCC(CCO)C(F)F. The summed E-state index contributed by atoms with van der Waals surface area (Å²) in [6.45, 7) is 4.53. The molecular formula is C10H19F2NO3. The number of nitrogens with one attached hydrogen (secondary N) is 1. The van der Waals surface area contributed by atoms with E-state index in [-0.39, 0.29) is 19.6 Å². The molecule has 0 aliphatic heterocycles. The van der Waals surface area contributed by atoms with Gasteiger partial charge in [-0.15, -0.1) is 0 Å². The molecule has 0 rings (SSSR count). The Labute approximate surface area is 94.0 Å². The van der Waals surface area contributed by atoms with Crippen molar-refractivity contribution in [3.8, 4) is 0 Å². The molecule has 0 aromatic rings. The van der Waals surface area contributed by atoms with Gasteiger partial charge in [-0.1, -0.05) is 0 Å². The lowest BCUT2D eigenvalue weighted by molar-refractivity contribution is 0.0407. The van der Waals surface area contributed by atoms with Crippen LogP contribution in [0, 0.1) is 5.92 Å². The van der Waals surface area contributed by atoms with Gasteiger partial charge in [0.05, 0.1) is 0 Å². The first-order valence-corrected chi connectivity index (χ1v) is 5.12. The number of hydrogen-bond acceptors (Lipinski definition) is 3. The number of alkyl carbamates (subject to hydrolysis) is 1. The van der Waals surface area contributed by atoms with E-state index in [1.807, 2.05) is 0 Å². The highest BCUT2D eigenvalue weighted by atomic mass is 19.3. The molecule has 0 heterocycles. The van der Waals surface area contributed by atoms with Crippen LogP contribution in [0.2, 0.25) is 0 Å². The van der Waals surface area contributed by atoms with E-state index in [0.29, 0.717) is 0 Å². The lowest BCUT2D eigenvalue weighted by Crippen LogP contribution is -2.37. The van der Waals surface area contributed by atoms with Gasteiger partial charge in [-0.2, -0.15) is 0 Å². The van der Waals surface area contributed by atoms with Gasteiger partial charge in [-0.05, 0) is 27.2 Å². The van der Waals surface area contributed by atoms with Crippen molar-refractivity contribution < 1.29 is 23.4 Å². The normalized spacial score (nSPS) is 13.7. The fourth-order valence-electron chi connectivity index (χ4n) is 1.01. The quantitative estimate of drug-likeness (QED) is 0.768. The summed E-state index contributed by atoms with van der Waals surface area (Å²) in [5.74, 6) is -1.04. The first kappa shape index (κ1) is 15.1. The Hall–Kier alpha value is -0.910. The van der Waals surface area contributed by atoms with Crippen LogP contribution in [0.15, 0.2) is 0 Å². The van der Waals surface area contributed by atoms with E-state index in [1.165, 1.54) is 0 Å². The van der Waals surface area contributed by atoms with Crippen molar-refractivity contribution in [2.24, 2.45) is 5.92 Å². The van der Waals surface area contributed by atoms with E-state index in [4.69, 9.17) is 9.84 Å². The third-order valence-corrected chi connectivity index (χ3v) is 1.76. The number of halogens is 2. The molecule has 0 aromatic carbocycles. The van der Waals surface area contributed by atoms with E-state index in [1.54, 1.807) is 20.8 Å². The second kappa shape index (κ2) is 6.62. The zero-order valence-corrected chi connectivity index (χ0v) is 9.80. The average Bonchev–Trinajstić information content (AvgIpc) is 2.08. The van der Waals surface area contributed by atoms with Crippen LogP contribution < -0.4 is 5.32 Å². The van der Waals surface area contributed by atoms with Crippen LogP contribution in [-0.4, -0.2) is 36.4 Å². The molecule has 0 aliphatic carbocycles. The van der Waals surface area contributed by atoms with Gasteiger partial charge in [0.2, 0.25) is 6.43 Å². The van der Waals surface area contributed by atoms with Crippen molar-refractivity contribution in [3.63, 3.8) is 0 Å². The minimum atomic E-state index is -2.57. The maximum absolute atomic E-state index is 12.4. The molecule has 0 radical (unpaired) electrons. The van der Waals surface area contributed by atoms with Gasteiger partial charge in [0.15, 0.2) is 0 Å². The lowest BCUT2D eigenvalue weighted by atomic mass is 10.1. The first-order valence-electron chi connectivity index (χ1n) is 5.12. The van der Waals surface area contributed by atoms with Crippen molar-refractivity contribution in [1.82, 2.24) is 5.32 Å². The molecular weight excluding hydrogens is 220 g/mol. The van der Waals surface area contributed by atoms with Crippen LogP contribution in [-0.2, 0) is 4.74 Å². The number of carbonyl (C=O) groups excluding carboxylic acids is 1. The lowest BCUT2D eigenvalue weighted by Gasteiger charge is -2.21. The molecule has 0 spiro atoms. The summed E-state index contributed by atoms with van der Waals surface area (Å²) in [5.41, 5.74) is -0.651. The number of rotatable bonds is 5. The number of aliphatic hydroxyl groups is 1. The minimum absolute atomic E-state index is 0.0482. The number of aliphatic hydroxyl groups excluding tert-OH is 1. The number of ether oxygens (including phenoxy) is 1. The smallest absolute Gasteiger partial charge is 0.407 e. The van der Waals surface area contributed by atoms with Gasteiger partial charge in [0.1, 0.15) is 5.60 Å². The molecule has 16 heavy (non-hydrogen) atoms. The topological polar surface area (TPSA) is 58.6 Å². The van der Waals surface area contributed by atoms with E-state index in [9.17, 15) is 13.6 Å². The van der Waals surface area contributed by atoms with Crippen LogP contribution in [0.25, 0.3) is 0 Å². The second-order valence-corrected chi connectivity index (χ2v) is 4.49. The molecule has 96 valence electrons. The molecule has 0 aromatic heterocycles. The predicted octanol–water partition coefficient (Wildman–Crippen LogP) is 1.77. The second-order valence-electron chi connectivity index (χ2n) is 4.49. The monoisotopic (exact) mass is 239 g/mol. The summed E-state index contributed by atoms with van der Waals surface area (Å²) in [4.78, 5) is 11.1. The van der Waals surface area contributed by atoms with Crippen molar-refractivity contribution in [3.05, 3.63) is 0 Å². The molecule has 1 unspecified atom stereocenters. The third kappa shape index (κ3) is 7.39. The van der Waals surface area contributed by atoms with Gasteiger partial charge in [-0.25, -0.2) is 13.6 Å². The summed E-state index contributed by atoms with van der Waals surface area (Å²) >= 11 is 0. The Kier molecular flexibility index (Phi) is 6.25. The number of amides is 1. The van der Waals surface area contributed by atoms with Crippen LogP contribution in [0.1, 0.15) is 27.2 Å². The predicted molar refractivity (Wildman–Crippen MR) is 55.4 cm³/mol. The van der Waals surface area contributed by atoms with Gasteiger partial charge in [0.25, 0.3) is 0 Å². The van der Waals surface area contributed by atoms with Crippen molar-refractivity contribution in [2.75, 3.05) is 13.2 Å². The standard InChI is InChI=1S/C10H19F2NO3/c1-10(2,3)16-9(15)13-6-7(4-5-14)8(11)12/h7-8,14H,4-6H2,1-3H3,(H,13,15).